The molecule has 0 saturated carbocycles. The molecule has 3 heterocycles. The van der Waals surface area contributed by atoms with Crippen LogP contribution in [0.2, 0.25) is 0 Å². The lowest BCUT2D eigenvalue weighted by Crippen LogP contribution is -2.56. The van der Waals surface area contributed by atoms with Gasteiger partial charge in [0.15, 0.2) is 0 Å². The van der Waals surface area contributed by atoms with Gasteiger partial charge < -0.3 is 15.4 Å². The number of rotatable bonds is 4. The highest BCUT2D eigenvalue weighted by atomic mass is 16.5. The summed E-state index contributed by atoms with van der Waals surface area (Å²) in [6.07, 6.45) is 6.55. The molecule has 0 spiro atoms. The van der Waals surface area contributed by atoms with Crippen molar-refractivity contribution in [2.45, 2.75) is 38.0 Å². The van der Waals surface area contributed by atoms with E-state index in [-0.39, 0.29) is 0 Å². The van der Waals surface area contributed by atoms with Gasteiger partial charge in [0.25, 0.3) is 0 Å². The van der Waals surface area contributed by atoms with Gasteiger partial charge in [0.1, 0.15) is 0 Å². The fraction of sp³-hybridized carbons (Fsp3) is 0.733. The molecule has 0 amide bonds. The Bertz CT molecular complexity index is 435. The first kappa shape index (κ1) is 14.7. The smallest absolute Gasteiger partial charge is 0.225 e. The zero-order valence-corrected chi connectivity index (χ0v) is 12.7. The van der Waals surface area contributed by atoms with Gasteiger partial charge in [0.2, 0.25) is 5.95 Å². The van der Waals surface area contributed by atoms with E-state index >= 15 is 0 Å². The molecule has 2 aliphatic heterocycles. The molecule has 2 fully saturated rings. The minimum atomic E-state index is 0.296. The van der Waals surface area contributed by atoms with Gasteiger partial charge >= 0.3 is 0 Å². The van der Waals surface area contributed by atoms with Gasteiger partial charge in [-0.3, -0.25) is 4.90 Å². The van der Waals surface area contributed by atoms with Gasteiger partial charge in [-0.05, 0) is 25.8 Å². The SMILES string of the molecule is CC1CCC(C(CN)N2CCN(c3ncccn3)CC2)O1. The molecule has 2 aliphatic rings. The fourth-order valence-corrected chi connectivity index (χ4v) is 3.36. The first-order chi connectivity index (χ1) is 10.3. The van der Waals surface area contributed by atoms with Crippen molar-refractivity contribution in [2.24, 2.45) is 5.73 Å². The van der Waals surface area contributed by atoms with Crippen molar-refractivity contribution < 1.29 is 4.74 Å². The van der Waals surface area contributed by atoms with Crippen molar-refractivity contribution in [3.05, 3.63) is 18.5 Å². The summed E-state index contributed by atoms with van der Waals surface area (Å²) in [5, 5.41) is 0. The number of ether oxygens (including phenoxy) is 1. The summed E-state index contributed by atoms with van der Waals surface area (Å²) in [4.78, 5) is 13.4. The molecule has 116 valence electrons. The Balaban J connectivity index is 1.57. The van der Waals surface area contributed by atoms with Crippen molar-refractivity contribution in [3.63, 3.8) is 0 Å². The van der Waals surface area contributed by atoms with E-state index in [2.05, 4.69) is 26.7 Å². The summed E-state index contributed by atoms with van der Waals surface area (Å²) in [7, 11) is 0. The van der Waals surface area contributed by atoms with E-state index in [1.54, 1.807) is 12.4 Å². The number of anilines is 1. The first-order valence-corrected chi connectivity index (χ1v) is 7.89. The van der Waals surface area contributed by atoms with Crippen molar-refractivity contribution >= 4 is 5.95 Å². The third-order valence-corrected chi connectivity index (χ3v) is 4.55. The van der Waals surface area contributed by atoms with E-state index in [1.807, 2.05) is 6.07 Å². The molecule has 2 saturated heterocycles. The Morgan fingerprint density at radius 3 is 2.52 bits per heavy atom. The minimum absolute atomic E-state index is 0.296. The highest BCUT2D eigenvalue weighted by molar-refractivity contribution is 5.29. The van der Waals surface area contributed by atoms with Crippen LogP contribution in [-0.4, -0.2) is 65.8 Å². The molecule has 1 aromatic rings. The Kier molecular flexibility index (Phi) is 4.67. The second-order valence-corrected chi connectivity index (χ2v) is 5.94. The van der Waals surface area contributed by atoms with Gasteiger partial charge in [0.05, 0.1) is 12.2 Å². The number of aromatic nitrogens is 2. The molecular weight excluding hydrogens is 266 g/mol. The molecule has 1 aromatic heterocycles. The van der Waals surface area contributed by atoms with Gasteiger partial charge in [0, 0.05) is 51.2 Å². The van der Waals surface area contributed by atoms with Crippen molar-refractivity contribution in [3.8, 4) is 0 Å². The Morgan fingerprint density at radius 2 is 1.95 bits per heavy atom. The third kappa shape index (κ3) is 3.33. The molecule has 3 unspecified atom stereocenters. The van der Waals surface area contributed by atoms with Crippen LogP contribution in [-0.2, 0) is 4.74 Å². The highest BCUT2D eigenvalue weighted by Gasteiger charge is 2.34. The summed E-state index contributed by atoms with van der Waals surface area (Å²) < 4.78 is 6.02. The van der Waals surface area contributed by atoms with Crippen LogP contribution >= 0.6 is 0 Å². The van der Waals surface area contributed by atoms with Crippen LogP contribution in [0.4, 0.5) is 5.95 Å². The molecule has 2 N–H and O–H groups in total. The summed E-state index contributed by atoms with van der Waals surface area (Å²) in [6.45, 7) is 6.70. The predicted octanol–water partition coefficient (Wildman–Crippen LogP) is 0.493. The second-order valence-electron chi connectivity index (χ2n) is 5.94. The monoisotopic (exact) mass is 291 g/mol. The molecule has 21 heavy (non-hydrogen) atoms. The van der Waals surface area contributed by atoms with Gasteiger partial charge in [-0.15, -0.1) is 0 Å². The molecule has 0 aliphatic carbocycles. The van der Waals surface area contributed by atoms with Crippen molar-refractivity contribution in [2.75, 3.05) is 37.6 Å². The van der Waals surface area contributed by atoms with Crippen LogP contribution in [0.15, 0.2) is 18.5 Å². The number of hydrogen-bond donors (Lipinski definition) is 1. The van der Waals surface area contributed by atoms with Gasteiger partial charge in [-0.2, -0.15) is 0 Å². The van der Waals surface area contributed by atoms with Crippen LogP contribution in [0.1, 0.15) is 19.8 Å². The lowest BCUT2D eigenvalue weighted by molar-refractivity contribution is -0.00582. The summed E-state index contributed by atoms with van der Waals surface area (Å²) in [5.41, 5.74) is 6.01. The lowest BCUT2D eigenvalue weighted by atomic mass is 10.0. The normalized spacial score (nSPS) is 28.8. The van der Waals surface area contributed by atoms with Crippen LogP contribution < -0.4 is 10.6 Å². The largest absolute Gasteiger partial charge is 0.374 e. The Hall–Kier alpha value is -1.24. The van der Waals surface area contributed by atoms with E-state index in [0.29, 0.717) is 24.8 Å². The topological polar surface area (TPSA) is 67.5 Å². The summed E-state index contributed by atoms with van der Waals surface area (Å²) in [5.74, 6) is 0.826. The molecule has 0 bridgehead atoms. The molecule has 0 radical (unpaired) electrons. The summed E-state index contributed by atoms with van der Waals surface area (Å²) >= 11 is 0. The standard InChI is InChI=1S/C15H25N5O/c1-12-3-4-14(21-12)13(11-16)19-7-9-20(10-8-19)15-17-5-2-6-18-15/h2,5-6,12-14H,3-4,7-11,16H2,1H3. The van der Waals surface area contributed by atoms with E-state index in [0.717, 1.165) is 45.0 Å². The quantitative estimate of drug-likeness (QED) is 0.871. The highest BCUT2D eigenvalue weighted by Crippen LogP contribution is 2.25. The van der Waals surface area contributed by atoms with Crippen molar-refractivity contribution in [1.82, 2.24) is 14.9 Å². The molecule has 6 heteroatoms. The number of piperazine rings is 1. The molecule has 3 rings (SSSR count). The minimum Gasteiger partial charge on any atom is -0.374 e. The van der Waals surface area contributed by atoms with Gasteiger partial charge in [-0.25, -0.2) is 9.97 Å². The number of nitrogens with two attached hydrogens (primary N) is 1. The fourth-order valence-electron chi connectivity index (χ4n) is 3.36. The van der Waals surface area contributed by atoms with Crippen molar-refractivity contribution in [1.29, 1.82) is 0 Å². The Labute approximate surface area is 126 Å². The second kappa shape index (κ2) is 6.68. The van der Waals surface area contributed by atoms with Crippen LogP contribution in [0.3, 0.4) is 0 Å². The third-order valence-electron chi connectivity index (χ3n) is 4.55. The molecule has 0 aromatic carbocycles. The predicted molar refractivity (Wildman–Crippen MR) is 82.2 cm³/mol. The van der Waals surface area contributed by atoms with E-state index in [4.69, 9.17) is 10.5 Å². The maximum Gasteiger partial charge on any atom is 0.225 e. The number of nitrogens with zero attached hydrogens (tertiary/aromatic N) is 4. The lowest BCUT2D eigenvalue weighted by Gasteiger charge is -2.40. The van der Waals surface area contributed by atoms with Crippen LogP contribution in [0, 0.1) is 0 Å². The molecule has 6 nitrogen and oxygen atoms in total. The van der Waals surface area contributed by atoms with Crippen LogP contribution in [0.25, 0.3) is 0 Å². The average molecular weight is 291 g/mol. The van der Waals surface area contributed by atoms with Crippen LogP contribution in [0.5, 0.6) is 0 Å². The van der Waals surface area contributed by atoms with Gasteiger partial charge in [-0.1, -0.05) is 0 Å². The summed E-state index contributed by atoms with van der Waals surface area (Å²) in [6, 6.07) is 2.19. The van der Waals surface area contributed by atoms with E-state index in [9.17, 15) is 0 Å². The first-order valence-electron chi connectivity index (χ1n) is 7.89. The van der Waals surface area contributed by atoms with E-state index < -0.39 is 0 Å². The molecular formula is C15H25N5O. The molecule has 3 atom stereocenters. The Morgan fingerprint density at radius 1 is 1.24 bits per heavy atom. The number of hydrogen-bond acceptors (Lipinski definition) is 6. The maximum atomic E-state index is 6.02. The van der Waals surface area contributed by atoms with E-state index in [1.165, 1.54) is 0 Å². The zero-order chi connectivity index (χ0) is 14.7. The average Bonchev–Trinajstić information content (AvgIpc) is 2.96. The maximum absolute atomic E-state index is 6.02. The zero-order valence-electron chi connectivity index (χ0n) is 12.7.